The second-order valence-electron chi connectivity index (χ2n) is 7.74. The maximum Gasteiger partial charge on any atom is 0.205 e. The summed E-state index contributed by atoms with van der Waals surface area (Å²) >= 11 is 0. The van der Waals surface area contributed by atoms with Gasteiger partial charge in [0.1, 0.15) is 5.92 Å². The van der Waals surface area contributed by atoms with E-state index in [1.165, 1.54) is 0 Å². The summed E-state index contributed by atoms with van der Waals surface area (Å²) in [7, 11) is 0. The van der Waals surface area contributed by atoms with E-state index in [9.17, 15) is 19.2 Å². The van der Waals surface area contributed by atoms with Crippen LogP contribution >= 0.6 is 0 Å². The van der Waals surface area contributed by atoms with Gasteiger partial charge in [0.05, 0.1) is 6.42 Å². The molecule has 0 aliphatic rings. The number of benzene rings is 4. The van der Waals surface area contributed by atoms with Gasteiger partial charge in [0.25, 0.3) is 0 Å². The first kappa shape index (κ1) is 21.3. The maximum atomic E-state index is 13.8. The van der Waals surface area contributed by atoms with Crippen LogP contribution in [0.5, 0.6) is 0 Å². The fourth-order valence-corrected chi connectivity index (χ4v) is 4.11. The van der Waals surface area contributed by atoms with Crippen molar-refractivity contribution in [2.45, 2.75) is 25.7 Å². The molecular formula is C28H22O4. The molecule has 0 bridgehead atoms. The number of Topliss-reactive ketones (excluding diaryl/α,β-unsaturated/α-hetero) is 4. The van der Waals surface area contributed by atoms with Gasteiger partial charge in [-0.2, -0.15) is 0 Å². The Bertz CT molecular complexity index is 1360. The molecule has 0 saturated heterocycles. The van der Waals surface area contributed by atoms with Crippen LogP contribution < -0.4 is 0 Å². The number of fused-ring (bicyclic) bond motifs is 2. The van der Waals surface area contributed by atoms with Crippen LogP contribution in [-0.2, 0) is 14.4 Å². The predicted molar refractivity (Wildman–Crippen MR) is 125 cm³/mol. The molecule has 32 heavy (non-hydrogen) atoms. The molecule has 0 spiro atoms. The Labute approximate surface area is 185 Å². The van der Waals surface area contributed by atoms with E-state index in [-0.39, 0.29) is 12.2 Å². The predicted octanol–water partition coefficient (Wildman–Crippen LogP) is 5.47. The van der Waals surface area contributed by atoms with E-state index in [0.29, 0.717) is 11.1 Å². The van der Waals surface area contributed by atoms with Crippen molar-refractivity contribution in [3.8, 4) is 0 Å². The Hall–Kier alpha value is -3.92. The number of rotatable bonds is 8. The van der Waals surface area contributed by atoms with Crippen molar-refractivity contribution in [2.24, 2.45) is 0 Å². The Kier molecular flexibility index (Phi) is 6.04. The average molecular weight is 422 g/mol. The summed E-state index contributed by atoms with van der Waals surface area (Å²) in [5, 5.41) is 3.30. The van der Waals surface area contributed by atoms with Crippen LogP contribution in [0.4, 0.5) is 0 Å². The number of hydrogen-bond acceptors (Lipinski definition) is 4. The lowest BCUT2D eigenvalue weighted by molar-refractivity contribution is -0.138. The van der Waals surface area contributed by atoms with Crippen molar-refractivity contribution in [1.29, 1.82) is 0 Å². The quantitative estimate of drug-likeness (QED) is 0.215. The lowest BCUT2D eigenvalue weighted by Gasteiger charge is -2.18. The molecule has 4 nitrogen and oxygen atoms in total. The number of carbonyl (C=O) groups excluding carboxylic acids is 4. The van der Waals surface area contributed by atoms with Gasteiger partial charge in [-0.3, -0.25) is 19.2 Å². The first-order chi connectivity index (χ1) is 15.5. The molecule has 0 amide bonds. The summed E-state index contributed by atoms with van der Waals surface area (Å²) in [6, 6.07) is 25.8. The van der Waals surface area contributed by atoms with Crippen molar-refractivity contribution in [3.63, 3.8) is 0 Å². The highest BCUT2D eigenvalue weighted by atomic mass is 16.2. The van der Waals surface area contributed by atoms with Gasteiger partial charge in [-0.1, -0.05) is 91.9 Å². The zero-order valence-corrected chi connectivity index (χ0v) is 17.7. The highest BCUT2D eigenvalue weighted by Crippen LogP contribution is 2.32. The van der Waals surface area contributed by atoms with Crippen LogP contribution in [0.2, 0.25) is 0 Å². The smallest absolute Gasteiger partial charge is 0.205 e. The standard InChI is InChI=1S/C28H22O4/c1-2-24(29)25(30)17-26(31)27(22-15-7-11-18-9-3-5-13-20(18)22)28(32)23-16-8-12-19-10-4-6-14-21(19)23/h3-16,27H,2,17H2,1H3. The third kappa shape index (κ3) is 4.00. The summed E-state index contributed by atoms with van der Waals surface area (Å²) in [4.78, 5) is 51.3. The Morgan fingerprint density at radius 2 is 1.22 bits per heavy atom. The van der Waals surface area contributed by atoms with Gasteiger partial charge in [0.15, 0.2) is 17.3 Å². The SMILES string of the molecule is CCC(=O)C(=O)CC(=O)C(C(=O)c1cccc2ccccc12)c1cccc2ccccc12. The van der Waals surface area contributed by atoms with Crippen molar-refractivity contribution >= 4 is 44.7 Å². The van der Waals surface area contributed by atoms with Gasteiger partial charge in [-0.05, 0) is 27.1 Å². The van der Waals surface area contributed by atoms with Gasteiger partial charge in [-0.15, -0.1) is 0 Å². The Morgan fingerprint density at radius 3 is 1.91 bits per heavy atom. The average Bonchev–Trinajstić information content (AvgIpc) is 2.83. The Balaban J connectivity index is 1.87. The summed E-state index contributed by atoms with van der Waals surface area (Å²) in [6.07, 6.45) is -0.556. The summed E-state index contributed by atoms with van der Waals surface area (Å²) < 4.78 is 0. The van der Waals surface area contributed by atoms with E-state index in [1.54, 1.807) is 31.2 Å². The van der Waals surface area contributed by atoms with Gasteiger partial charge in [0.2, 0.25) is 5.78 Å². The zero-order valence-electron chi connectivity index (χ0n) is 17.7. The molecule has 4 aromatic rings. The minimum Gasteiger partial charge on any atom is -0.298 e. The fourth-order valence-electron chi connectivity index (χ4n) is 4.11. The van der Waals surface area contributed by atoms with Gasteiger partial charge in [-0.25, -0.2) is 0 Å². The molecule has 0 aliphatic carbocycles. The van der Waals surface area contributed by atoms with Crippen LogP contribution in [0.3, 0.4) is 0 Å². The van der Waals surface area contributed by atoms with Crippen LogP contribution in [0.15, 0.2) is 84.9 Å². The number of ketones is 4. The second kappa shape index (κ2) is 9.06. The highest BCUT2D eigenvalue weighted by molar-refractivity contribution is 6.41. The van der Waals surface area contributed by atoms with E-state index >= 15 is 0 Å². The van der Waals surface area contributed by atoms with E-state index in [1.807, 2.05) is 60.7 Å². The molecule has 158 valence electrons. The number of hydrogen-bond donors (Lipinski definition) is 0. The van der Waals surface area contributed by atoms with E-state index < -0.39 is 29.7 Å². The maximum absolute atomic E-state index is 13.8. The lowest BCUT2D eigenvalue weighted by atomic mass is 9.81. The first-order valence-corrected chi connectivity index (χ1v) is 10.6. The van der Waals surface area contributed by atoms with E-state index in [4.69, 9.17) is 0 Å². The van der Waals surface area contributed by atoms with Gasteiger partial charge >= 0.3 is 0 Å². The van der Waals surface area contributed by atoms with E-state index in [0.717, 1.165) is 21.5 Å². The third-order valence-electron chi connectivity index (χ3n) is 5.74. The second-order valence-corrected chi connectivity index (χ2v) is 7.74. The Morgan fingerprint density at radius 1 is 0.656 bits per heavy atom. The normalized spacial score (nSPS) is 11.9. The molecule has 0 radical (unpaired) electrons. The largest absolute Gasteiger partial charge is 0.298 e. The zero-order chi connectivity index (χ0) is 22.7. The molecule has 0 saturated carbocycles. The summed E-state index contributed by atoms with van der Waals surface area (Å²) in [6.45, 7) is 1.58. The van der Waals surface area contributed by atoms with Crippen LogP contribution in [0, 0.1) is 0 Å². The van der Waals surface area contributed by atoms with Gasteiger partial charge in [0, 0.05) is 12.0 Å². The molecule has 0 aliphatic heterocycles. The van der Waals surface area contributed by atoms with Crippen LogP contribution in [-0.4, -0.2) is 23.1 Å². The monoisotopic (exact) mass is 422 g/mol. The molecule has 4 aromatic carbocycles. The third-order valence-corrected chi connectivity index (χ3v) is 5.74. The van der Waals surface area contributed by atoms with Crippen LogP contribution in [0.25, 0.3) is 21.5 Å². The van der Waals surface area contributed by atoms with Crippen molar-refractivity contribution in [2.75, 3.05) is 0 Å². The molecule has 0 N–H and O–H groups in total. The van der Waals surface area contributed by atoms with E-state index in [2.05, 4.69) is 0 Å². The minimum absolute atomic E-state index is 0.0301. The number of carbonyl (C=O) groups is 4. The lowest BCUT2D eigenvalue weighted by Crippen LogP contribution is -2.27. The van der Waals surface area contributed by atoms with Crippen molar-refractivity contribution < 1.29 is 19.2 Å². The molecule has 0 heterocycles. The molecule has 1 unspecified atom stereocenters. The summed E-state index contributed by atoms with van der Waals surface area (Å²) in [5.74, 6) is -3.48. The van der Waals surface area contributed by atoms with Gasteiger partial charge < -0.3 is 0 Å². The minimum atomic E-state index is -1.18. The molecular weight excluding hydrogens is 400 g/mol. The first-order valence-electron chi connectivity index (χ1n) is 10.6. The van der Waals surface area contributed by atoms with Crippen LogP contribution in [0.1, 0.15) is 41.6 Å². The topological polar surface area (TPSA) is 68.3 Å². The van der Waals surface area contributed by atoms with Crippen molar-refractivity contribution in [3.05, 3.63) is 96.1 Å². The van der Waals surface area contributed by atoms with Crippen molar-refractivity contribution in [1.82, 2.24) is 0 Å². The highest BCUT2D eigenvalue weighted by Gasteiger charge is 2.33. The molecule has 4 rings (SSSR count). The molecule has 4 heteroatoms. The summed E-state index contributed by atoms with van der Waals surface area (Å²) in [5.41, 5.74) is 0.964. The molecule has 1 atom stereocenters. The fraction of sp³-hybridized carbons (Fsp3) is 0.143. The molecule has 0 aromatic heterocycles. The molecule has 0 fully saturated rings.